The first kappa shape index (κ1) is 23.9. The first-order valence-electron chi connectivity index (χ1n) is 11.2. The number of hydrogen-bond acceptors (Lipinski definition) is 6. The van der Waals surface area contributed by atoms with Gasteiger partial charge in [0.1, 0.15) is 9.57 Å². The predicted molar refractivity (Wildman–Crippen MR) is 141 cm³/mol. The number of nitrogens with zero attached hydrogens (tertiary/aromatic N) is 2. The summed E-state index contributed by atoms with van der Waals surface area (Å²) in [6, 6.07) is 14.2. The van der Waals surface area contributed by atoms with Crippen LogP contribution in [0.25, 0.3) is 10.4 Å². The van der Waals surface area contributed by atoms with Crippen LogP contribution in [0.3, 0.4) is 0 Å². The molecule has 0 amide bonds. The normalized spacial score (nSPS) is 15.3. The molecule has 2 aromatic carbocycles. The van der Waals surface area contributed by atoms with Gasteiger partial charge in [0.15, 0.2) is 0 Å². The standard InChI is InChI=1S/C25H29ClN2OS3/c1-2-3-4-22-24(31-32-25(22)30)19-7-10-23(29)20(15-19)17-28-13-11-27(12-14-28)16-18-5-8-21(26)9-6-18/h5-10,15,29H,2-4,11-14,16-17H2,1H3. The fourth-order valence-corrected chi connectivity index (χ4v) is 7.24. The van der Waals surface area contributed by atoms with Crippen molar-refractivity contribution >= 4 is 44.5 Å². The van der Waals surface area contributed by atoms with Crippen molar-refractivity contribution in [2.24, 2.45) is 0 Å². The summed E-state index contributed by atoms with van der Waals surface area (Å²) in [5.41, 5.74) is 4.79. The van der Waals surface area contributed by atoms with Crippen molar-refractivity contribution in [1.29, 1.82) is 0 Å². The molecule has 0 unspecified atom stereocenters. The zero-order valence-electron chi connectivity index (χ0n) is 18.3. The van der Waals surface area contributed by atoms with Crippen molar-refractivity contribution in [2.45, 2.75) is 39.3 Å². The van der Waals surface area contributed by atoms with Crippen molar-refractivity contribution in [3.8, 4) is 16.2 Å². The second-order valence-electron chi connectivity index (χ2n) is 8.39. The molecular formula is C25H29ClN2OS3. The van der Waals surface area contributed by atoms with Gasteiger partial charge in [-0.3, -0.25) is 9.80 Å². The van der Waals surface area contributed by atoms with Gasteiger partial charge in [0.2, 0.25) is 0 Å². The minimum absolute atomic E-state index is 0.381. The Morgan fingerprint density at radius 2 is 1.66 bits per heavy atom. The molecule has 0 radical (unpaired) electrons. The van der Waals surface area contributed by atoms with Gasteiger partial charge in [-0.05, 0) is 59.9 Å². The molecule has 0 saturated carbocycles. The molecule has 32 heavy (non-hydrogen) atoms. The second-order valence-corrected chi connectivity index (χ2v) is 11.6. The molecule has 1 fully saturated rings. The topological polar surface area (TPSA) is 26.7 Å². The highest BCUT2D eigenvalue weighted by Crippen LogP contribution is 2.37. The third-order valence-electron chi connectivity index (χ3n) is 6.02. The Balaban J connectivity index is 1.40. The lowest BCUT2D eigenvalue weighted by Gasteiger charge is -2.35. The van der Waals surface area contributed by atoms with Crippen LogP contribution >= 0.6 is 44.5 Å². The molecule has 1 saturated heterocycles. The average molecular weight is 505 g/mol. The molecule has 1 aliphatic heterocycles. The highest BCUT2D eigenvalue weighted by Gasteiger charge is 2.19. The average Bonchev–Trinajstić information content (AvgIpc) is 3.17. The van der Waals surface area contributed by atoms with Gasteiger partial charge in [-0.1, -0.05) is 70.0 Å². The molecule has 3 nitrogen and oxygen atoms in total. The van der Waals surface area contributed by atoms with Gasteiger partial charge >= 0.3 is 0 Å². The largest absolute Gasteiger partial charge is 0.508 e. The maximum atomic E-state index is 10.5. The van der Waals surface area contributed by atoms with Gasteiger partial charge in [0.25, 0.3) is 0 Å². The van der Waals surface area contributed by atoms with E-state index in [0.717, 1.165) is 66.5 Å². The number of phenols is 1. The Hall–Kier alpha value is -1.28. The minimum atomic E-state index is 0.381. The van der Waals surface area contributed by atoms with Crippen LogP contribution in [-0.4, -0.2) is 41.1 Å². The number of halogens is 1. The molecule has 3 aromatic rings. The Labute approximate surface area is 208 Å². The van der Waals surface area contributed by atoms with Crippen LogP contribution in [0.1, 0.15) is 36.5 Å². The lowest BCUT2D eigenvalue weighted by molar-refractivity contribution is 0.121. The van der Waals surface area contributed by atoms with Crippen molar-refractivity contribution in [3.05, 3.63) is 68.0 Å². The summed E-state index contributed by atoms with van der Waals surface area (Å²) in [5.74, 6) is 0.381. The second kappa shape index (κ2) is 11.2. The number of unbranched alkanes of at least 4 members (excludes halogenated alkanes) is 1. The van der Waals surface area contributed by atoms with Crippen molar-refractivity contribution in [3.63, 3.8) is 0 Å². The summed E-state index contributed by atoms with van der Waals surface area (Å²) in [7, 11) is 3.46. The first-order valence-corrected chi connectivity index (χ1v) is 14.1. The summed E-state index contributed by atoms with van der Waals surface area (Å²) < 4.78 is 1.02. The first-order chi connectivity index (χ1) is 15.5. The molecule has 1 aliphatic rings. The molecule has 0 spiro atoms. The molecule has 1 aromatic heterocycles. The molecule has 170 valence electrons. The monoisotopic (exact) mass is 504 g/mol. The van der Waals surface area contributed by atoms with Gasteiger partial charge in [-0.25, -0.2) is 0 Å². The number of aromatic hydroxyl groups is 1. The summed E-state index contributed by atoms with van der Waals surface area (Å²) in [6.45, 7) is 7.98. The molecule has 0 atom stereocenters. The number of phenolic OH excluding ortho intramolecular Hbond substituents is 1. The van der Waals surface area contributed by atoms with Crippen LogP contribution in [0.15, 0.2) is 42.5 Å². The fraction of sp³-hybridized carbons (Fsp3) is 0.400. The minimum Gasteiger partial charge on any atom is -0.508 e. The molecule has 2 heterocycles. The van der Waals surface area contributed by atoms with Crippen LogP contribution < -0.4 is 0 Å². The molecule has 1 N–H and O–H groups in total. The maximum absolute atomic E-state index is 10.5. The van der Waals surface area contributed by atoms with E-state index in [1.54, 1.807) is 20.7 Å². The lowest BCUT2D eigenvalue weighted by atomic mass is 10.0. The summed E-state index contributed by atoms with van der Waals surface area (Å²) in [4.78, 5) is 6.20. The van der Waals surface area contributed by atoms with Gasteiger partial charge in [0.05, 0.1) is 4.88 Å². The lowest BCUT2D eigenvalue weighted by Crippen LogP contribution is -2.45. The highest BCUT2D eigenvalue weighted by atomic mass is 35.5. The third kappa shape index (κ3) is 5.99. The van der Waals surface area contributed by atoms with Gasteiger partial charge < -0.3 is 5.11 Å². The van der Waals surface area contributed by atoms with E-state index in [1.165, 1.54) is 28.0 Å². The Bertz CT molecular complexity index is 1090. The summed E-state index contributed by atoms with van der Waals surface area (Å²) >= 11 is 11.6. The van der Waals surface area contributed by atoms with Crippen molar-refractivity contribution < 1.29 is 5.11 Å². The van der Waals surface area contributed by atoms with Crippen molar-refractivity contribution in [1.82, 2.24) is 9.80 Å². The van der Waals surface area contributed by atoms with Gasteiger partial charge in [-0.15, -0.1) is 0 Å². The predicted octanol–water partition coefficient (Wildman–Crippen LogP) is 7.23. The summed E-state index contributed by atoms with van der Waals surface area (Å²) in [5, 5.41) is 11.3. The van der Waals surface area contributed by atoms with E-state index >= 15 is 0 Å². The molecule has 7 heteroatoms. The van der Waals surface area contributed by atoms with Gasteiger partial charge in [0, 0.05) is 49.9 Å². The van der Waals surface area contributed by atoms with Crippen LogP contribution in [0.4, 0.5) is 0 Å². The van der Waals surface area contributed by atoms with E-state index in [1.807, 2.05) is 24.3 Å². The molecular weight excluding hydrogens is 476 g/mol. The van der Waals surface area contributed by atoms with E-state index in [2.05, 4.69) is 34.9 Å². The van der Waals surface area contributed by atoms with E-state index in [0.29, 0.717) is 5.75 Å². The Morgan fingerprint density at radius 1 is 0.969 bits per heavy atom. The Morgan fingerprint density at radius 3 is 2.34 bits per heavy atom. The highest BCUT2D eigenvalue weighted by molar-refractivity contribution is 7.80. The Kier molecular flexibility index (Phi) is 8.38. The maximum Gasteiger partial charge on any atom is 0.120 e. The van der Waals surface area contributed by atoms with Crippen LogP contribution in [0, 0.1) is 3.82 Å². The van der Waals surface area contributed by atoms with Crippen LogP contribution in [0.2, 0.25) is 5.02 Å². The number of hydrogen-bond donors (Lipinski definition) is 1. The van der Waals surface area contributed by atoms with Crippen LogP contribution in [-0.2, 0) is 19.5 Å². The SMILES string of the molecule is CCCCc1c(-c2ccc(O)c(CN3CCN(Cc4ccc(Cl)cc4)CC3)c2)ssc1=S. The van der Waals surface area contributed by atoms with E-state index in [9.17, 15) is 5.11 Å². The van der Waals surface area contributed by atoms with E-state index in [4.69, 9.17) is 23.8 Å². The number of benzene rings is 2. The zero-order valence-corrected chi connectivity index (χ0v) is 21.6. The zero-order chi connectivity index (χ0) is 22.5. The fourth-order valence-electron chi connectivity index (χ4n) is 4.11. The van der Waals surface area contributed by atoms with Crippen molar-refractivity contribution in [2.75, 3.05) is 26.2 Å². The quantitative estimate of drug-likeness (QED) is 0.258. The van der Waals surface area contributed by atoms with E-state index in [-0.39, 0.29) is 0 Å². The summed E-state index contributed by atoms with van der Waals surface area (Å²) in [6.07, 6.45) is 3.36. The van der Waals surface area contributed by atoms with E-state index < -0.39 is 0 Å². The van der Waals surface area contributed by atoms with Gasteiger partial charge in [-0.2, -0.15) is 0 Å². The number of rotatable bonds is 8. The molecule has 4 rings (SSSR count). The smallest absolute Gasteiger partial charge is 0.120 e. The molecule has 0 aliphatic carbocycles. The number of piperazine rings is 1. The molecule has 0 bridgehead atoms. The van der Waals surface area contributed by atoms with Crippen LogP contribution in [0.5, 0.6) is 5.75 Å². The third-order valence-corrected chi connectivity index (χ3v) is 9.47.